The van der Waals surface area contributed by atoms with Crippen molar-refractivity contribution in [2.45, 2.75) is 56.8 Å². The summed E-state index contributed by atoms with van der Waals surface area (Å²) in [5.74, 6) is -0.0560. The van der Waals surface area contributed by atoms with Gasteiger partial charge in [0.25, 0.3) is 0 Å². The maximum Gasteiger partial charge on any atom is 0.352 e. The van der Waals surface area contributed by atoms with Crippen LogP contribution in [-0.2, 0) is 24.6 Å². The second-order valence-corrected chi connectivity index (χ2v) is 10.4. The first-order valence-corrected chi connectivity index (χ1v) is 11.7. The lowest BCUT2D eigenvalue weighted by Gasteiger charge is -2.35. The molecule has 9 nitrogen and oxygen atoms in total. The number of thiophene rings is 1. The molecule has 5 rings (SSSR count). The Hall–Kier alpha value is -2.79. The van der Waals surface area contributed by atoms with Gasteiger partial charge in [0.15, 0.2) is 11.8 Å². The number of nitrogens with zero attached hydrogens (tertiary/aromatic N) is 2. The zero-order chi connectivity index (χ0) is 24.3. The number of carbonyl (C=O) groups excluding carboxylic acids is 1. The smallest absolute Gasteiger partial charge is 0.352 e. The number of halogens is 2. The molecule has 0 amide bonds. The van der Waals surface area contributed by atoms with Crippen LogP contribution in [-0.4, -0.2) is 52.8 Å². The van der Waals surface area contributed by atoms with Gasteiger partial charge in [-0.05, 0) is 51.2 Å². The van der Waals surface area contributed by atoms with Crippen LogP contribution in [0.25, 0.3) is 10.2 Å². The van der Waals surface area contributed by atoms with E-state index in [9.17, 15) is 23.5 Å². The van der Waals surface area contributed by atoms with Gasteiger partial charge >= 0.3 is 18.5 Å². The quantitative estimate of drug-likeness (QED) is 0.564. The van der Waals surface area contributed by atoms with Gasteiger partial charge in [0.1, 0.15) is 16.1 Å². The molecular weight excluding hydrogens is 472 g/mol. The summed E-state index contributed by atoms with van der Waals surface area (Å²) in [6.07, 6.45) is 1.96. The highest BCUT2D eigenvalue weighted by Crippen LogP contribution is 2.55. The van der Waals surface area contributed by atoms with Gasteiger partial charge < -0.3 is 24.0 Å². The van der Waals surface area contributed by atoms with Gasteiger partial charge in [0.05, 0.1) is 12.2 Å². The van der Waals surface area contributed by atoms with Crippen LogP contribution in [0, 0.1) is 5.92 Å². The van der Waals surface area contributed by atoms with Crippen LogP contribution in [0.15, 0.2) is 23.0 Å². The second kappa shape index (κ2) is 8.16. The molecule has 2 aliphatic heterocycles. The number of hydrogen-bond donors (Lipinski definition) is 2. The van der Waals surface area contributed by atoms with Crippen molar-refractivity contribution >= 4 is 39.3 Å². The van der Waals surface area contributed by atoms with Crippen LogP contribution < -0.4 is 5.48 Å². The van der Waals surface area contributed by atoms with Gasteiger partial charge in [0, 0.05) is 22.8 Å². The third-order valence-electron chi connectivity index (χ3n) is 6.66. The fourth-order valence-electron chi connectivity index (χ4n) is 5.09. The van der Waals surface area contributed by atoms with Crippen molar-refractivity contribution in [2.75, 3.05) is 13.2 Å². The molecule has 0 aromatic carbocycles. The third-order valence-corrected chi connectivity index (χ3v) is 7.96. The minimum absolute atomic E-state index is 0.00677. The standard InChI is InChI=1S/C22H23F2N3O6S/c1-21(2)7-11(3-4-32-21)15-6-12-5-14(18(29)30)27(17(12)34-15)22(8-13(22)10-31-20(23)24)19-25-16(9-28)33-26-19/h5-6,11,13,20H,3-4,7-8,10H2,1-2H3,(H,25,26)(H,29,30)/t11-,13+,22-/m0/s1. The van der Waals surface area contributed by atoms with E-state index in [1.807, 2.05) is 19.9 Å². The molecule has 1 saturated heterocycles. The number of aliphatic imine (C=N–C) groups is 1. The summed E-state index contributed by atoms with van der Waals surface area (Å²) in [6.45, 7) is 1.44. The Labute approximate surface area is 196 Å². The molecule has 3 atom stereocenters. The molecule has 34 heavy (non-hydrogen) atoms. The van der Waals surface area contributed by atoms with Crippen LogP contribution in [0.1, 0.15) is 54.4 Å². The number of ether oxygens (including phenoxy) is 2. The van der Waals surface area contributed by atoms with Crippen molar-refractivity contribution in [1.29, 1.82) is 0 Å². The highest BCUT2D eigenvalue weighted by atomic mass is 32.1. The number of hydrogen-bond acceptors (Lipinski definition) is 8. The Bertz CT molecular complexity index is 1230. The SMILES string of the molecule is CC1(C)C[C@@H](c2cc3cc(C(=O)O)n([C@@]4(C5=NC(=C=O)ON5)C[C@@H]4COC(F)F)c3s2)CCO1. The maximum absolute atomic E-state index is 12.8. The number of aromatic nitrogens is 1. The Morgan fingerprint density at radius 3 is 2.88 bits per heavy atom. The number of carboxylic acid groups (broad SMARTS) is 1. The number of carbonyl (C=O) groups is 1. The highest BCUT2D eigenvalue weighted by molar-refractivity contribution is 7.18. The van der Waals surface area contributed by atoms with Gasteiger partial charge in [-0.3, -0.25) is 0 Å². The zero-order valence-electron chi connectivity index (χ0n) is 18.5. The molecule has 0 radical (unpaired) electrons. The summed E-state index contributed by atoms with van der Waals surface area (Å²) < 4.78 is 37.6. The number of carboxylic acids is 1. The predicted octanol–water partition coefficient (Wildman–Crippen LogP) is 3.63. The lowest BCUT2D eigenvalue weighted by atomic mass is 9.87. The Morgan fingerprint density at radius 2 is 2.24 bits per heavy atom. The van der Waals surface area contributed by atoms with E-state index in [2.05, 4.69) is 15.2 Å². The summed E-state index contributed by atoms with van der Waals surface area (Å²) in [4.78, 5) is 34.2. The number of hydroxylamine groups is 1. The van der Waals surface area contributed by atoms with Gasteiger partial charge in [0.2, 0.25) is 0 Å². The Kier molecular flexibility index (Phi) is 5.51. The van der Waals surface area contributed by atoms with E-state index in [1.165, 1.54) is 11.3 Å². The third kappa shape index (κ3) is 3.80. The summed E-state index contributed by atoms with van der Waals surface area (Å²) >= 11 is 1.48. The van der Waals surface area contributed by atoms with E-state index >= 15 is 0 Å². The monoisotopic (exact) mass is 495 g/mol. The van der Waals surface area contributed by atoms with Crippen LogP contribution in [0.5, 0.6) is 0 Å². The van der Waals surface area contributed by atoms with Crippen molar-refractivity contribution in [3.8, 4) is 0 Å². The first-order valence-electron chi connectivity index (χ1n) is 10.8. The number of nitrogens with one attached hydrogen (secondary N) is 1. The number of alkyl halides is 2. The highest BCUT2D eigenvalue weighted by Gasteiger charge is 2.63. The normalized spacial score (nSPS) is 27.9. The molecule has 182 valence electrons. The number of amidine groups is 1. The predicted molar refractivity (Wildman–Crippen MR) is 118 cm³/mol. The largest absolute Gasteiger partial charge is 0.477 e. The minimum atomic E-state index is -2.97. The van der Waals surface area contributed by atoms with E-state index in [0.29, 0.717) is 11.4 Å². The fourth-order valence-corrected chi connectivity index (χ4v) is 6.45. The molecular formula is C22H23F2N3O6S. The molecule has 2 aromatic heterocycles. The molecule has 0 unspecified atom stereocenters. The topological polar surface area (TPSA) is 111 Å². The van der Waals surface area contributed by atoms with E-state index in [4.69, 9.17) is 9.57 Å². The number of aromatic carboxylic acids is 1. The maximum atomic E-state index is 12.8. The molecule has 3 aliphatic rings. The molecule has 0 spiro atoms. The van der Waals surface area contributed by atoms with E-state index in [0.717, 1.165) is 23.1 Å². The lowest BCUT2D eigenvalue weighted by molar-refractivity contribution is -0.133. The van der Waals surface area contributed by atoms with Crippen molar-refractivity contribution in [1.82, 2.24) is 10.0 Å². The Morgan fingerprint density at radius 1 is 1.44 bits per heavy atom. The molecule has 1 aliphatic carbocycles. The van der Waals surface area contributed by atoms with Crippen LogP contribution in [0.2, 0.25) is 0 Å². The summed E-state index contributed by atoms with van der Waals surface area (Å²) in [6, 6.07) is 3.58. The van der Waals surface area contributed by atoms with E-state index in [-0.39, 0.29) is 42.0 Å². The number of rotatable bonds is 7. The summed E-state index contributed by atoms with van der Waals surface area (Å²) in [7, 11) is 0. The van der Waals surface area contributed by atoms with Crippen molar-refractivity contribution in [3.63, 3.8) is 0 Å². The average molecular weight is 496 g/mol. The fraction of sp³-hybridized carbons (Fsp3) is 0.545. The molecule has 1 saturated carbocycles. The van der Waals surface area contributed by atoms with Crippen LogP contribution >= 0.6 is 11.3 Å². The molecule has 2 aromatic rings. The molecule has 4 heterocycles. The van der Waals surface area contributed by atoms with Crippen molar-refractivity contribution in [2.24, 2.45) is 10.9 Å². The lowest BCUT2D eigenvalue weighted by Crippen LogP contribution is -2.39. The summed E-state index contributed by atoms with van der Waals surface area (Å²) in [5, 5.41) is 10.7. The second-order valence-electron chi connectivity index (χ2n) is 9.37. The molecule has 12 heteroatoms. The zero-order valence-corrected chi connectivity index (χ0v) is 19.3. The Balaban J connectivity index is 1.62. The molecule has 0 bridgehead atoms. The van der Waals surface area contributed by atoms with Gasteiger partial charge in [-0.1, -0.05) is 0 Å². The first-order chi connectivity index (χ1) is 16.1. The average Bonchev–Trinajstić information content (AvgIpc) is 3.13. The van der Waals surface area contributed by atoms with Crippen molar-refractivity contribution < 1.29 is 37.8 Å². The molecule has 2 N–H and O–H groups in total. The van der Waals surface area contributed by atoms with Gasteiger partial charge in [-0.15, -0.1) is 11.3 Å². The van der Waals surface area contributed by atoms with E-state index < -0.39 is 24.0 Å². The van der Waals surface area contributed by atoms with Gasteiger partial charge in [-0.2, -0.15) is 13.8 Å². The van der Waals surface area contributed by atoms with Gasteiger partial charge in [-0.25, -0.2) is 15.1 Å². The van der Waals surface area contributed by atoms with Crippen LogP contribution in [0.4, 0.5) is 8.78 Å². The van der Waals surface area contributed by atoms with E-state index in [1.54, 1.807) is 16.6 Å². The summed E-state index contributed by atoms with van der Waals surface area (Å²) in [5.41, 5.74) is 1.16. The van der Waals surface area contributed by atoms with Crippen LogP contribution in [0.3, 0.4) is 0 Å². The first kappa shape index (κ1) is 23.0. The minimum Gasteiger partial charge on any atom is -0.477 e. The molecule has 2 fully saturated rings. The number of fused-ring (bicyclic) bond motifs is 1. The van der Waals surface area contributed by atoms with Crippen molar-refractivity contribution in [3.05, 3.63) is 28.6 Å².